The molecule has 0 aromatic rings. The van der Waals surface area contributed by atoms with Crippen molar-refractivity contribution in [3.8, 4) is 6.07 Å². The quantitative estimate of drug-likeness (QED) is 0.553. The third-order valence-corrected chi connectivity index (χ3v) is 1.23. The van der Waals surface area contributed by atoms with Gasteiger partial charge in [-0.1, -0.05) is 23.8 Å². The summed E-state index contributed by atoms with van der Waals surface area (Å²) in [5, 5.41) is 8.64. The van der Waals surface area contributed by atoms with Crippen LogP contribution in [-0.2, 0) is 0 Å². The highest BCUT2D eigenvalue weighted by Crippen LogP contribution is 2.14. The molecule has 0 spiro atoms. The molecule has 1 heteroatoms. The summed E-state index contributed by atoms with van der Waals surface area (Å²) >= 11 is 0. The summed E-state index contributed by atoms with van der Waals surface area (Å²) in [6, 6.07) is 2.20. The first-order chi connectivity index (χ1) is 4.98. The number of nitriles is 1. The predicted octanol–water partition coefficient (Wildman–Crippen LogP) is 3.06. The molecule has 60 valence electrons. The summed E-state index contributed by atoms with van der Waals surface area (Å²) in [7, 11) is 0. The number of hydrogen-bond donors (Lipinski definition) is 0. The lowest BCUT2D eigenvalue weighted by Gasteiger charge is -2.06. The third-order valence-electron chi connectivity index (χ3n) is 1.23. The Hall–Kier alpha value is -1.03. The average Bonchev–Trinajstić information content (AvgIpc) is 1.87. The van der Waals surface area contributed by atoms with Gasteiger partial charge in [-0.2, -0.15) is 5.26 Å². The van der Waals surface area contributed by atoms with Crippen molar-refractivity contribution in [2.75, 3.05) is 0 Å². The molecule has 0 aliphatic heterocycles. The number of rotatable bonds is 2. The second-order valence-corrected chi connectivity index (χ2v) is 3.44. The van der Waals surface area contributed by atoms with Crippen LogP contribution in [0.2, 0.25) is 0 Å². The van der Waals surface area contributed by atoms with E-state index in [1.54, 1.807) is 0 Å². The van der Waals surface area contributed by atoms with Crippen LogP contribution in [0.3, 0.4) is 0 Å². The highest BCUT2D eigenvalue weighted by molar-refractivity contribution is 5.15. The van der Waals surface area contributed by atoms with Gasteiger partial charge in [0.25, 0.3) is 0 Å². The topological polar surface area (TPSA) is 23.8 Å². The molecule has 0 bridgehead atoms. The first-order valence-corrected chi connectivity index (χ1v) is 3.72. The van der Waals surface area contributed by atoms with Crippen molar-refractivity contribution in [2.45, 2.75) is 27.7 Å². The van der Waals surface area contributed by atoms with Gasteiger partial charge in [-0.3, -0.25) is 0 Å². The average molecular weight is 149 g/mol. The second kappa shape index (κ2) is 3.98. The first-order valence-electron chi connectivity index (χ1n) is 3.72. The van der Waals surface area contributed by atoms with E-state index in [1.165, 1.54) is 5.57 Å². The number of hydrogen-bond acceptors (Lipinski definition) is 1. The Morgan fingerprint density at radius 1 is 1.36 bits per heavy atom. The number of nitrogens with zero attached hydrogens (tertiary/aromatic N) is 1. The summed E-state index contributed by atoms with van der Waals surface area (Å²) in [5.74, 6) is 0. The van der Waals surface area contributed by atoms with E-state index >= 15 is 0 Å². The molecule has 11 heavy (non-hydrogen) atoms. The van der Waals surface area contributed by atoms with Crippen molar-refractivity contribution < 1.29 is 0 Å². The summed E-state index contributed by atoms with van der Waals surface area (Å²) < 4.78 is 0. The van der Waals surface area contributed by atoms with Gasteiger partial charge < -0.3 is 0 Å². The SMILES string of the molecule is CC(C)=C/C=C/C(C)(C)C#N. The van der Waals surface area contributed by atoms with Crippen LogP contribution in [0.4, 0.5) is 0 Å². The van der Waals surface area contributed by atoms with Gasteiger partial charge in [0.15, 0.2) is 0 Å². The lowest BCUT2D eigenvalue weighted by atomic mass is 9.95. The fraction of sp³-hybridized carbons (Fsp3) is 0.500. The van der Waals surface area contributed by atoms with Crippen LogP contribution in [0.5, 0.6) is 0 Å². The van der Waals surface area contributed by atoms with Gasteiger partial charge in [-0.15, -0.1) is 0 Å². The maximum atomic E-state index is 8.64. The maximum absolute atomic E-state index is 8.64. The highest BCUT2D eigenvalue weighted by atomic mass is 14.3. The molecule has 0 rings (SSSR count). The van der Waals surface area contributed by atoms with E-state index in [1.807, 2.05) is 45.9 Å². The number of allylic oxidation sites excluding steroid dienone is 4. The van der Waals surface area contributed by atoms with Gasteiger partial charge in [0, 0.05) is 0 Å². The Labute approximate surface area is 69.0 Å². The van der Waals surface area contributed by atoms with Crippen molar-refractivity contribution in [1.82, 2.24) is 0 Å². The van der Waals surface area contributed by atoms with E-state index in [-0.39, 0.29) is 5.41 Å². The van der Waals surface area contributed by atoms with E-state index in [0.717, 1.165) is 0 Å². The summed E-state index contributed by atoms with van der Waals surface area (Å²) in [4.78, 5) is 0. The standard InChI is InChI=1S/C10H15N/c1-9(2)6-5-7-10(3,4)8-11/h5-7H,1-4H3/b7-5+. The lowest BCUT2D eigenvalue weighted by molar-refractivity contribution is 0.644. The summed E-state index contributed by atoms with van der Waals surface area (Å²) in [6.07, 6.45) is 5.83. The van der Waals surface area contributed by atoms with Gasteiger partial charge in [0.1, 0.15) is 0 Å². The van der Waals surface area contributed by atoms with Gasteiger partial charge in [-0.05, 0) is 27.7 Å². The zero-order valence-electron chi connectivity index (χ0n) is 7.68. The molecule has 0 radical (unpaired) electrons. The molecule has 0 amide bonds. The molecular formula is C10H15N. The Morgan fingerprint density at radius 3 is 2.27 bits per heavy atom. The molecule has 0 fully saturated rings. The third kappa shape index (κ3) is 5.42. The molecule has 0 aromatic heterocycles. The van der Waals surface area contributed by atoms with Crippen LogP contribution in [0.15, 0.2) is 23.8 Å². The van der Waals surface area contributed by atoms with Crippen molar-refractivity contribution in [3.63, 3.8) is 0 Å². The van der Waals surface area contributed by atoms with Crippen LogP contribution in [0, 0.1) is 16.7 Å². The van der Waals surface area contributed by atoms with Crippen molar-refractivity contribution in [3.05, 3.63) is 23.8 Å². The fourth-order valence-electron chi connectivity index (χ4n) is 0.518. The van der Waals surface area contributed by atoms with Crippen LogP contribution in [0.25, 0.3) is 0 Å². The maximum Gasteiger partial charge on any atom is 0.0725 e. The highest BCUT2D eigenvalue weighted by Gasteiger charge is 2.09. The van der Waals surface area contributed by atoms with Crippen LogP contribution >= 0.6 is 0 Å². The van der Waals surface area contributed by atoms with Gasteiger partial charge in [0.05, 0.1) is 11.5 Å². The second-order valence-electron chi connectivity index (χ2n) is 3.44. The zero-order chi connectivity index (χ0) is 8.91. The van der Waals surface area contributed by atoms with Crippen LogP contribution in [0.1, 0.15) is 27.7 Å². The van der Waals surface area contributed by atoms with Crippen molar-refractivity contribution in [2.24, 2.45) is 5.41 Å². The van der Waals surface area contributed by atoms with Crippen molar-refractivity contribution >= 4 is 0 Å². The lowest BCUT2D eigenvalue weighted by Crippen LogP contribution is -2.01. The minimum absolute atomic E-state index is 0.341. The molecule has 1 nitrogen and oxygen atoms in total. The molecule has 0 aliphatic rings. The molecule has 0 unspecified atom stereocenters. The van der Waals surface area contributed by atoms with Crippen LogP contribution in [-0.4, -0.2) is 0 Å². The molecule has 0 heterocycles. The van der Waals surface area contributed by atoms with Crippen molar-refractivity contribution in [1.29, 1.82) is 5.26 Å². The van der Waals surface area contributed by atoms with Gasteiger partial charge in [0.2, 0.25) is 0 Å². The monoisotopic (exact) mass is 149 g/mol. The Bertz CT molecular complexity index is 210. The molecule has 0 saturated carbocycles. The molecule has 0 atom stereocenters. The summed E-state index contributed by atoms with van der Waals surface area (Å²) in [6.45, 7) is 7.85. The summed E-state index contributed by atoms with van der Waals surface area (Å²) in [5.41, 5.74) is 0.904. The van der Waals surface area contributed by atoms with E-state index in [0.29, 0.717) is 0 Å². The molecular weight excluding hydrogens is 134 g/mol. The molecule has 0 saturated heterocycles. The largest absolute Gasteiger partial charge is 0.197 e. The Kier molecular flexibility index (Phi) is 3.60. The van der Waals surface area contributed by atoms with E-state index < -0.39 is 0 Å². The molecule has 0 aliphatic carbocycles. The Balaban J connectivity index is 4.17. The van der Waals surface area contributed by atoms with E-state index in [4.69, 9.17) is 5.26 Å². The van der Waals surface area contributed by atoms with Gasteiger partial charge in [-0.25, -0.2) is 0 Å². The molecule has 0 aromatic carbocycles. The van der Waals surface area contributed by atoms with E-state index in [9.17, 15) is 0 Å². The smallest absolute Gasteiger partial charge is 0.0725 e. The first kappa shape index (κ1) is 9.97. The minimum Gasteiger partial charge on any atom is -0.197 e. The molecule has 0 N–H and O–H groups in total. The normalized spacial score (nSPS) is 11.2. The van der Waals surface area contributed by atoms with E-state index in [2.05, 4.69) is 6.07 Å². The fourth-order valence-corrected chi connectivity index (χ4v) is 0.518. The van der Waals surface area contributed by atoms with Gasteiger partial charge >= 0.3 is 0 Å². The van der Waals surface area contributed by atoms with Crippen LogP contribution < -0.4 is 0 Å². The Morgan fingerprint density at radius 2 is 1.91 bits per heavy atom. The zero-order valence-corrected chi connectivity index (χ0v) is 7.68. The minimum atomic E-state index is -0.341. The predicted molar refractivity (Wildman–Crippen MR) is 48.0 cm³/mol.